The Labute approximate surface area is 163 Å². The molecule has 1 fully saturated rings. The minimum Gasteiger partial charge on any atom is -0.385 e. The van der Waals surface area contributed by atoms with E-state index in [9.17, 15) is 0 Å². The molecule has 3 aliphatic rings. The van der Waals surface area contributed by atoms with Gasteiger partial charge in [-0.15, -0.1) is 11.8 Å². The van der Waals surface area contributed by atoms with Crippen molar-refractivity contribution in [3.05, 3.63) is 57.6 Å². The first-order valence-electron chi connectivity index (χ1n) is 9.47. The zero-order valence-corrected chi connectivity index (χ0v) is 17.2. The Morgan fingerprint density at radius 3 is 2.64 bits per heavy atom. The van der Waals surface area contributed by atoms with Gasteiger partial charge in [-0.1, -0.05) is 48.0 Å². The van der Waals surface area contributed by atoms with E-state index >= 15 is 0 Å². The molecule has 2 heterocycles. The molecular weight excluding hydrogens is 390 g/mol. The fraction of sp³-hybridized carbons (Fsp3) is 0.455. The molecule has 0 saturated heterocycles. The van der Waals surface area contributed by atoms with Crippen molar-refractivity contribution in [2.45, 2.75) is 48.7 Å². The summed E-state index contributed by atoms with van der Waals surface area (Å²) >= 11 is 5.92. The van der Waals surface area contributed by atoms with Crippen LogP contribution >= 0.6 is 27.7 Å². The number of hydrogen-bond acceptors (Lipinski definition) is 2. The second-order valence-electron chi connectivity index (χ2n) is 7.95. The van der Waals surface area contributed by atoms with Crippen LogP contribution in [0.3, 0.4) is 0 Å². The van der Waals surface area contributed by atoms with Crippen LogP contribution in [-0.4, -0.2) is 11.8 Å². The van der Waals surface area contributed by atoms with Gasteiger partial charge in [-0.2, -0.15) is 0 Å². The minimum absolute atomic E-state index is 0.620. The largest absolute Gasteiger partial charge is 0.385 e. The lowest BCUT2D eigenvalue weighted by atomic mass is 9.83. The van der Waals surface area contributed by atoms with E-state index in [1.165, 1.54) is 33.5 Å². The highest BCUT2D eigenvalue weighted by Gasteiger charge is 2.52. The highest BCUT2D eigenvalue weighted by molar-refractivity contribution is 9.10. The summed E-state index contributed by atoms with van der Waals surface area (Å²) in [7, 11) is 0. The van der Waals surface area contributed by atoms with Crippen molar-refractivity contribution in [2.75, 3.05) is 11.9 Å². The van der Waals surface area contributed by atoms with Crippen LogP contribution in [0.4, 0.5) is 5.69 Å². The van der Waals surface area contributed by atoms with Crippen molar-refractivity contribution in [3.63, 3.8) is 0 Å². The SMILES string of the molecule is CC1C(C)C(c2cc(Br)cc3c2NCCC3)C2Sc3ccccc3C12. The van der Waals surface area contributed by atoms with Crippen LogP contribution < -0.4 is 5.32 Å². The molecule has 0 bridgehead atoms. The summed E-state index contributed by atoms with van der Waals surface area (Å²) in [6, 6.07) is 13.8. The van der Waals surface area contributed by atoms with Gasteiger partial charge in [0.25, 0.3) is 0 Å². The normalized spacial score (nSPS) is 32.7. The van der Waals surface area contributed by atoms with Crippen LogP contribution in [0.2, 0.25) is 0 Å². The van der Waals surface area contributed by atoms with Gasteiger partial charge in [0.1, 0.15) is 0 Å². The van der Waals surface area contributed by atoms with Crippen LogP contribution in [0.1, 0.15) is 48.8 Å². The van der Waals surface area contributed by atoms with E-state index in [0.717, 1.165) is 12.5 Å². The Balaban J connectivity index is 1.63. The predicted octanol–water partition coefficient (Wildman–Crippen LogP) is 6.43. The van der Waals surface area contributed by atoms with Crippen molar-refractivity contribution in [1.29, 1.82) is 0 Å². The number of thioether (sulfide) groups is 1. The molecule has 0 spiro atoms. The number of nitrogens with one attached hydrogen (secondary N) is 1. The third-order valence-corrected chi connectivity index (χ3v) is 8.65. The fourth-order valence-electron chi connectivity index (χ4n) is 5.41. The second-order valence-corrected chi connectivity index (χ2v) is 10.1. The lowest BCUT2D eigenvalue weighted by molar-refractivity contribution is 0.401. The molecule has 1 nitrogen and oxygen atoms in total. The van der Waals surface area contributed by atoms with Crippen LogP contribution in [0.5, 0.6) is 0 Å². The van der Waals surface area contributed by atoms with Gasteiger partial charge in [0.2, 0.25) is 0 Å². The van der Waals surface area contributed by atoms with Gasteiger partial charge in [0.05, 0.1) is 0 Å². The topological polar surface area (TPSA) is 12.0 Å². The molecule has 130 valence electrons. The monoisotopic (exact) mass is 413 g/mol. The van der Waals surface area contributed by atoms with E-state index in [0.29, 0.717) is 23.0 Å². The number of anilines is 1. The maximum atomic E-state index is 3.79. The molecule has 5 unspecified atom stereocenters. The van der Waals surface area contributed by atoms with Gasteiger partial charge in [0, 0.05) is 38.7 Å². The molecule has 0 amide bonds. The number of halogens is 1. The molecule has 0 aromatic heterocycles. The molecule has 2 aromatic rings. The number of aryl methyl sites for hydroxylation is 1. The van der Waals surface area contributed by atoms with Crippen LogP contribution in [-0.2, 0) is 6.42 Å². The quantitative estimate of drug-likeness (QED) is 0.577. The number of rotatable bonds is 1. The van der Waals surface area contributed by atoms with Gasteiger partial charge >= 0.3 is 0 Å². The van der Waals surface area contributed by atoms with Gasteiger partial charge < -0.3 is 5.32 Å². The predicted molar refractivity (Wildman–Crippen MR) is 111 cm³/mol. The van der Waals surface area contributed by atoms with E-state index in [-0.39, 0.29) is 0 Å². The molecule has 1 N–H and O–H groups in total. The van der Waals surface area contributed by atoms with Gasteiger partial charge in [-0.05, 0) is 59.6 Å². The van der Waals surface area contributed by atoms with Crippen molar-refractivity contribution in [1.82, 2.24) is 0 Å². The Bertz CT molecular complexity index is 833. The Hall–Kier alpha value is -0.930. The number of fused-ring (bicyclic) bond motifs is 4. The molecule has 2 aliphatic heterocycles. The van der Waals surface area contributed by atoms with E-state index in [1.54, 1.807) is 11.1 Å². The van der Waals surface area contributed by atoms with Crippen molar-refractivity contribution in [2.24, 2.45) is 11.8 Å². The van der Waals surface area contributed by atoms with Gasteiger partial charge in [0.15, 0.2) is 0 Å². The zero-order valence-electron chi connectivity index (χ0n) is 14.8. The lowest BCUT2D eigenvalue weighted by Gasteiger charge is -2.29. The molecule has 1 aliphatic carbocycles. The number of hydrogen-bond donors (Lipinski definition) is 1. The maximum absolute atomic E-state index is 3.79. The van der Waals surface area contributed by atoms with Crippen LogP contribution in [0.25, 0.3) is 0 Å². The summed E-state index contributed by atoms with van der Waals surface area (Å²) in [6.45, 7) is 6.07. The Morgan fingerprint density at radius 2 is 1.80 bits per heavy atom. The summed E-state index contributed by atoms with van der Waals surface area (Å²) in [4.78, 5) is 1.51. The third kappa shape index (κ3) is 2.42. The summed E-state index contributed by atoms with van der Waals surface area (Å²) in [5.74, 6) is 2.75. The maximum Gasteiger partial charge on any atom is 0.0409 e. The van der Waals surface area contributed by atoms with E-state index in [2.05, 4.69) is 83.3 Å². The van der Waals surface area contributed by atoms with Gasteiger partial charge in [-0.25, -0.2) is 0 Å². The van der Waals surface area contributed by atoms with E-state index in [4.69, 9.17) is 0 Å². The number of benzene rings is 2. The summed E-state index contributed by atoms with van der Waals surface area (Å²) < 4.78 is 1.24. The molecule has 5 rings (SSSR count). The smallest absolute Gasteiger partial charge is 0.0409 e. The average Bonchev–Trinajstić information content (AvgIpc) is 3.10. The minimum atomic E-state index is 0.620. The highest BCUT2D eigenvalue weighted by Crippen LogP contribution is 2.63. The van der Waals surface area contributed by atoms with Crippen LogP contribution in [0, 0.1) is 11.8 Å². The van der Waals surface area contributed by atoms with Crippen molar-refractivity contribution in [3.8, 4) is 0 Å². The molecule has 5 atom stereocenters. The molecule has 3 heteroatoms. The fourth-order valence-corrected chi connectivity index (χ4v) is 7.80. The molecule has 25 heavy (non-hydrogen) atoms. The molecule has 2 aromatic carbocycles. The summed E-state index contributed by atoms with van der Waals surface area (Å²) in [5.41, 5.74) is 6.09. The summed E-state index contributed by atoms with van der Waals surface area (Å²) in [6.07, 6.45) is 2.44. The first kappa shape index (κ1) is 16.3. The Kier molecular flexibility index (Phi) is 3.94. The van der Waals surface area contributed by atoms with E-state index in [1.807, 2.05) is 0 Å². The van der Waals surface area contributed by atoms with E-state index < -0.39 is 0 Å². The molecule has 0 radical (unpaired) electrons. The average molecular weight is 414 g/mol. The zero-order chi connectivity index (χ0) is 17.1. The van der Waals surface area contributed by atoms with Crippen LogP contribution in [0.15, 0.2) is 45.8 Å². The van der Waals surface area contributed by atoms with Crippen molar-refractivity contribution < 1.29 is 0 Å². The summed E-state index contributed by atoms with van der Waals surface area (Å²) in [5, 5.41) is 4.41. The first-order chi connectivity index (χ1) is 12.1. The van der Waals surface area contributed by atoms with Crippen molar-refractivity contribution >= 4 is 33.4 Å². The molecular formula is C22H24BrNS. The first-order valence-corrected chi connectivity index (χ1v) is 11.1. The lowest BCUT2D eigenvalue weighted by Crippen LogP contribution is -2.20. The standard InChI is InChI=1S/C22H24BrNS/c1-12-13(2)20(22-19(12)16-7-3-4-8-18(16)25-22)17-11-15(23)10-14-6-5-9-24-21(14)17/h3-4,7-8,10-13,19-20,22,24H,5-6,9H2,1-2H3. The second kappa shape index (κ2) is 6.06. The third-order valence-electron chi connectivity index (χ3n) is 6.71. The Morgan fingerprint density at radius 1 is 1.04 bits per heavy atom. The van der Waals surface area contributed by atoms with Gasteiger partial charge in [-0.3, -0.25) is 0 Å². The molecule has 1 saturated carbocycles. The highest BCUT2D eigenvalue weighted by atomic mass is 79.9.